The average Bonchev–Trinajstić information content (AvgIpc) is 3.41. The second-order valence-corrected chi connectivity index (χ2v) is 8.12. The van der Waals surface area contributed by atoms with E-state index in [1.165, 1.54) is 24.1 Å². The highest BCUT2D eigenvalue weighted by atomic mass is 19.1. The number of nitrogens with zero attached hydrogens (tertiary/aromatic N) is 1. The largest absolute Gasteiger partial charge is 0.494 e. The highest BCUT2D eigenvalue weighted by molar-refractivity contribution is 6.08. The molecule has 5 rings (SSSR count). The van der Waals surface area contributed by atoms with Crippen LogP contribution in [0.2, 0.25) is 0 Å². The van der Waals surface area contributed by atoms with Gasteiger partial charge in [-0.25, -0.2) is 8.78 Å². The Labute approximate surface area is 190 Å². The molecular weight excluding hydrogens is 450 g/mol. The van der Waals surface area contributed by atoms with Crippen molar-refractivity contribution in [3.05, 3.63) is 62.9 Å². The van der Waals surface area contributed by atoms with Crippen molar-refractivity contribution in [2.45, 2.75) is 13.0 Å². The Balaban J connectivity index is 1.51. The zero-order valence-corrected chi connectivity index (χ0v) is 17.7. The number of halogens is 2. The zero-order valence-electron chi connectivity index (χ0n) is 17.7. The lowest BCUT2D eigenvalue weighted by Gasteiger charge is -2.25. The van der Waals surface area contributed by atoms with Crippen LogP contribution >= 0.6 is 0 Å². The molecule has 3 amide bonds. The third-order valence-electron chi connectivity index (χ3n) is 5.96. The summed E-state index contributed by atoms with van der Waals surface area (Å²) in [6.45, 7) is -0.260. The maximum Gasteiger partial charge on any atom is 0.274 e. The monoisotopic (exact) mass is 466 g/mol. The number of carbonyl (C=O) groups is 3. The smallest absolute Gasteiger partial charge is 0.274 e. The van der Waals surface area contributed by atoms with Gasteiger partial charge in [0, 0.05) is 18.7 Å². The van der Waals surface area contributed by atoms with E-state index in [4.69, 9.17) is 4.74 Å². The van der Waals surface area contributed by atoms with Crippen molar-refractivity contribution in [3.8, 4) is 17.6 Å². The molecule has 2 aromatic carbocycles. The Hall–Kier alpha value is -4.46. The van der Waals surface area contributed by atoms with E-state index in [1.807, 2.05) is 0 Å². The maximum absolute atomic E-state index is 14.7. The quantitative estimate of drug-likeness (QED) is 0.395. The van der Waals surface area contributed by atoms with Crippen molar-refractivity contribution in [2.24, 2.45) is 5.41 Å². The molecule has 3 heterocycles. The number of carbonyl (C=O) groups excluding carboxylic acids is 3. The van der Waals surface area contributed by atoms with Crippen LogP contribution in [-0.2, 0) is 16.1 Å². The summed E-state index contributed by atoms with van der Waals surface area (Å²) in [4.78, 5) is 50.7. The van der Waals surface area contributed by atoms with Gasteiger partial charge in [-0.3, -0.25) is 34.7 Å². The molecule has 3 aromatic rings. The predicted octanol–water partition coefficient (Wildman–Crippen LogP) is 1.18. The maximum atomic E-state index is 14.7. The highest BCUT2D eigenvalue weighted by Gasteiger charge is 2.49. The summed E-state index contributed by atoms with van der Waals surface area (Å²) in [6, 6.07) is 5.43. The third kappa shape index (κ3) is 3.23. The van der Waals surface area contributed by atoms with Crippen LogP contribution < -0.4 is 15.6 Å². The number of aromatic nitrogens is 2. The Morgan fingerprint density at radius 1 is 1.15 bits per heavy atom. The zero-order chi connectivity index (χ0) is 24.2. The standard InChI is InChI=1S/C23H16F2N4O5/c1-34-15-3-2-12-9-29(21(32)17(12)19(15)25)10-23(8-16(30)26-22(23)33)5-4-11-6-13(24)18-14(7-11)27-28-20(18)31/h2-3,6-7H,8-10H2,1H3,(H,26,30,33)(H2,27,28,31)/t23-/m1/s1. The van der Waals surface area contributed by atoms with E-state index in [2.05, 4.69) is 27.4 Å². The van der Waals surface area contributed by atoms with Gasteiger partial charge in [-0.2, -0.15) is 0 Å². The Bertz CT molecular complexity index is 1530. The first-order valence-electron chi connectivity index (χ1n) is 10.1. The van der Waals surface area contributed by atoms with Gasteiger partial charge in [0.05, 0.1) is 24.6 Å². The summed E-state index contributed by atoms with van der Waals surface area (Å²) < 4.78 is 34.0. The lowest BCUT2D eigenvalue weighted by atomic mass is 9.85. The summed E-state index contributed by atoms with van der Waals surface area (Å²) in [5, 5.41) is 6.84. The van der Waals surface area contributed by atoms with Crippen molar-refractivity contribution in [3.63, 3.8) is 0 Å². The predicted molar refractivity (Wildman–Crippen MR) is 114 cm³/mol. The summed E-state index contributed by atoms with van der Waals surface area (Å²) in [5.41, 5.74) is -1.65. The minimum Gasteiger partial charge on any atom is -0.494 e. The fourth-order valence-corrected chi connectivity index (χ4v) is 4.31. The molecule has 0 spiro atoms. The van der Waals surface area contributed by atoms with Crippen LogP contribution in [0.1, 0.15) is 27.9 Å². The molecule has 1 atom stereocenters. The fourth-order valence-electron chi connectivity index (χ4n) is 4.31. The molecule has 1 fully saturated rings. The van der Waals surface area contributed by atoms with Gasteiger partial charge in [0.2, 0.25) is 11.8 Å². The van der Waals surface area contributed by atoms with Crippen LogP contribution in [-0.4, -0.2) is 46.5 Å². The molecule has 2 aliphatic heterocycles. The minimum atomic E-state index is -1.62. The van der Waals surface area contributed by atoms with Crippen LogP contribution in [0.15, 0.2) is 29.1 Å². The molecule has 34 heavy (non-hydrogen) atoms. The number of amides is 3. The van der Waals surface area contributed by atoms with Crippen LogP contribution in [0.4, 0.5) is 8.78 Å². The van der Waals surface area contributed by atoms with Crippen LogP contribution in [0.25, 0.3) is 10.9 Å². The van der Waals surface area contributed by atoms with Gasteiger partial charge in [-0.05, 0) is 23.8 Å². The van der Waals surface area contributed by atoms with E-state index in [-0.39, 0.29) is 47.3 Å². The minimum absolute atomic E-state index is 0.0190. The van der Waals surface area contributed by atoms with Gasteiger partial charge in [0.25, 0.3) is 11.5 Å². The van der Waals surface area contributed by atoms with Crippen LogP contribution in [0, 0.1) is 28.9 Å². The van der Waals surface area contributed by atoms with Gasteiger partial charge >= 0.3 is 0 Å². The van der Waals surface area contributed by atoms with Gasteiger partial charge in [-0.15, -0.1) is 0 Å². The summed E-state index contributed by atoms with van der Waals surface area (Å²) in [6.07, 6.45) is -0.323. The van der Waals surface area contributed by atoms with E-state index in [0.29, 0.717) is 5.56 Å². The Morgan fingerprint density at radius 2 is 1.94 bits per heavy atom. The first-order chi connectivity index (χ1) is 16.2. The van der Waals surface area contributed by atoms with Crippen molar-refractivity contribution >= 4 is 28.6 Å². The highest BCUT2D eigenvalue weighted by Crippen LogP contribution is 2.35. The number of fused-ring (bicyclic) bond motifs is 2. The first-order valence-corrected chi connectivity index (χ1v) is 10.1. The molecule has 0 bridgehead atoms. The second kappa shape index (κ2) is 7.55. The number of benzene rings is 2. The van der Waals surface area contributed by atoms with Crippen molar-refractivity contribution in [1.82, 2.24) is 20.4 Å². The molecule has 9 nitrogen and oxygen atoms in total. The normalized spacial score (nSPS) is 19.3. The molecule has 3 N–H and O–H groups in total. The molecular formula is C23H16F2N4O5. The second-order valence-electron chi connectivity index (χ2n) is 8.12. The van der Waals surface area contributed by atoms with Gasteiger partial charge in [0.1, 0.15) is 16.6 Å². The SMILES string of the molecule is COc1ccc2c(c1F)C(=O)N(C[C@@]1(C#Cc3cc(F)c4c(=O)[nH][nH]c4c3)CC(=O)NC1=O)C2. The molecule has 172 valence electrons. The lowest BCUT2D eigenvalue weighted by Crippen LogP contribution is -2.42. The number of rotatable bonds is 3. The van der Waals surface area contributed by atoms with Gasteiger partial charge in [-0.1, -0.05) is 17.9 Å². The number of H-pyrrole nitrogens is 2. The van der Waals surface area contributed by atoms with Gasteiger partial charge in [0.15, 0.2) is 11.6 Å². The molecule has 0 aliphatic carbocycles. The Kier molecular flexibility index (Phi) is 4.75. The summed E-state index contributed by atoms with van der Waals surface area (Å²) in [5.74, 6) is 1.80. The van der Waals surface area contributed by atoms with E-state index in [0.717, 1.165) is 6.07 Å². The fraction of sp³-hybridized carbons (Fsp3) is 0.217. The van der Waals surface area contributed by atoms with Crippen molar-refractivity contribution in [1.29, 1.82) is 0 Å². The summed E-state index contributed by atoms with van der Waals surface area (Å²) >= 11 is 0. The number of hydrogen-bond acceptors (Lipinski definition) is 5. The molecule has 0 saturated carbocycles. The van der Waals surface area contributed by atoms with E-state index in [1.54, 1.807) is 6.07 Å². The van der Waals surface area contributed by atoms with Crippen LogP contribution in [0.3, 0.4) is 0 Å². The first kappa shape index (κ1) is 21.4. The molecule has 2 aliphatic rings. The number of methoxy groups -OCH3 is 1. The van der Waals surface area contributed by atoms with Gasteiger partial charge < -0.3 is 9.64 Å². The van der Waals surface area contributed by atoms with Crippen molar-refractivity contribution < 1.29 is 27.9 Å². The molecule has 11 heteroatoms. The topological polar surface area (TPSA) is 124 Å². The van der Waals surface area contributed by atoms with E-state index in [9.17, 15) is 28.0 Å². The lowest BCUT2D eigenvalue weighted by molar-refractivity contribution is -0.127. The summed E-state index contributed by atoms with van der Waals surface area (Å²) in [7, 11) is 1.28. The Morgan fingerprint density at radius 3 is 2.65 bits per heavy atom. The van der Waals surface area contributed by atoms with Crippen LogP contribution in [0.5, 0.6) is 5.75 Å². The third-order valence-corrected chi connectivity index (χ3v) is 5.96. The number of nitrogens with one attached hydrogen (secondary N) is 3. The molecule has 1 aromatic heterocycles. The van der Waals surface area contributed by atoms with E-state index < -0.39 is 40.3 Å². The number of aromatic amines is 2. The number of imide groups is 1. The van der Waals surface area contributed by atoms with E-state index >= 15 is 0 Å². The number of hydrogen-bond donors (Lipinski definition) is 3. The molecule has 0 radical (unpaired) electrons. The van der Waals surface area contributed by atoms with Crippen molar-refractivity contribution in [2.75, 3.05) is 13.7 Å². The molecule has 1 saturated heterocycles. The number of ether oxygens (including phenoxy) is 1. The average molecular weight is 466 g/mol. The molecule has 0 unspecified atom stereocenters.